The quantitative estimate of drug-likeness (QED) is 0.503. The van der Waals surface area contributed by atoms with Crippen LogP contribution < -0.4 is 15.4 Å². The number of carboxylic acids is 1. The molecule has 2 aromatic carbocycles. The molecule has 158 valence electrons. The Bertz CT molecular complexity index is 1280. The van der Waals surface area contributed by atoms with Gasteiger partial charge in [-0.25, -0.2) is 14.8 Å². The molecule has 0 unspecified atom stereocenters. The Balaban J connectivity index is 1.67. The molecule has 2 amide bonds. The minimum Gasteiger partial charge on any atom is -0.497 e. The molecule has 0 aliphatic rings. The van der Waals surface area contributed by atoms with Crippen molar-refractivity contribution in [1.29, 1.82) is 0 Å². The van der Waals surface area contributed by atoms with Crippen LogP contribution in [0.5, 0.6) is 5.75 Å². The molecule has 0 bridgehead atoms. The van der Waals surface area contributed by atoms with E-state index in [1.807, 2.05) is 0 Å². The summed E-state index contributed by atoms with van der Waals surface area (Å²) in [7, 11) is -2.73. The van der Waals surface area contributed by atoms with E-state index in [1.54, 1.807) is 12.1 Å². The van der Waals surface area contributed by atoms with E-state index in [0.717, 1.165) is 18.5 Å². The van der Waals surface area contributed by atoms with Gasteiger partial charge in [-0.2, -0.15) is 0 Å². The van der Waals surface area contributed by atoms with Gasteiger partial charge in [-0.3, -0.25) is 9.59 Å². The molecule has 0 spiro atoms. The third-order valence-electron chi connectivity index (χ3n) is 4.06. The molecule has 31 heavy (non-hydrogen) atoms. The predicted octanol–water partition coefficient (Wildman–Crippen LogP) is 2.04. The maximum atomic E-state index is 12.6. The van der Waals surface area contributed by atoms with E-state index in [-0.39, 0.29) is 34.8 Å². The van der Waals surface area contributed by atoms with E-state index in [9.17, 15) is 14.4 Å². The van der Waals surface area contributed by atoms with Crippen LogP contribution in [0.3, 0.4) is 0 Å². The van der Waals surface area contributed by atoms with Crippen molar-refractivity contribution in [3.8, 4) is 5.75 Å². The summed E-state index contributed by atoms with van der Waals surface area (Å²) in [6.07, 6.45) is 0.978. The van der Waals surface area contributed by atoms with E-state index in [0.29, 0.717) is 5.56 Å². The second-order valence-electron chi connectivity index (χ2n) is 6.18. The standard InChI is InChI=1S/C22H20N4O5/c1-31-17-4-2-3-15(9-17)12-24-21(28)19-10-18(25-13-26-19)20(27)23-11-14-5-7-16(8-6-14)22(29)30/h2-10,13H,11-12H2,1H3,(H,23,27)(H,24,28)(H,29,30)/i1D3,12D2. The summed E-state index contributed by atoms with van der Waals surface area (Å²) in [5, 5.41) is 13.7. The van der Waals surface area contributed by atoms with E-state index in [4.69, 9.17) is 16.7 Å². The van der Waals surface area contributed by atoms with Gasteiger partial charge in [-0.1, -0.05) is 24.3 Å². The number of benzene rings is 2. The Labute approximate surface area is 185 Å². The highest BCUT2D eigenvalue weighted by Gasteiger charge is 2.13. The van der Waals surface area contributed by atoms with E-state index in [2.05, 4.69) is 20.6 Å². The van der Waals surface area contributed by atoms with Gasteiger partial charge in [-0.15, -0.1) is 0 Å². The summed E-state index contributed by atoms with van der Waals surface area (Å²) in [4.78, 5) is 43.6. The van der Waals surface area contributed by atoms with Crippen LogP contribution in [0, 0.1) is 0 Å². The summed E-state index contributed by atoms with van der Waals surface area (Å²) in [5.41, 5.74) is 0.246. The van der Waals surface area contributed by atoms with Crippen LogP contribution in [-0.4, -0.2) is 39.9 Å². The number of hydrogen-bond acceptors (Lipinski definition) is 6. The molecule has 0 aliphatic heterocycles. The Hall–Kier alpha value is -4.27. The van der Waals surface area contributed by atoms with Crippen molar-refractivity contribution in [3.05, 3.63) is 89.0 Å². The summed E-state index contributed by atoms with van der Waals surface area (Å²) < 4.78 is 42.6. The van der Waals surface area contributed by atoms with Crippen molar-refractivity contribution < 1.29 is 31.1 Å². The third kappa shape index (κ3) is 5.86. The van der Waals surface area contributed by atoms with Crippen molar-refractivity contribution in [3.63, 3.8) is 0 Å². The van der Waals surface area contributed by atoms with Gasteiger partial charge in [0.05, 0.1) is 19.5 Å². The molecular formula is C22H20N4O5. The summed E-state index contributed by atoms with van der Waals surface area (Å²) in [5.74, 6) is -2.75. The number of rotatable bonds is 8. The number of aromatic carboxylic acids is 1. The lowest BCUT2D eigenvalue weighted by atomic mass is 10.1. The van der Waals surface area contributed by atoms with E-state index < -0.39 is 31.3 Å². The van der Waals surface area contributed by atoms with Crippen LogP contribution in [-0.2, 0) is 13.0 Å². The van der Waals surface area contributed by atoms with Gasteiger partial charge in [0.2, 0.25) is 0 Å². The zero-order chi connectivity index (χ0) is 26.5. The van der Waals surface area contributed by atoms with Crippen molar-refractivity contribution in [2.75, 3.05) is 7.04 Å². The number of carboxylic acid groups (broad SMARTS) is 1. The average molecular weight is 425 g/mol. The Morgan fingerprint density at radius 2 is 1.71 bits per heavy atom. The lowest BCUT2D eigenvalue weighted by Gasteiger charge is -2.08. The lowest BCUT2D eigenvalue weighted by Crippen LogP contribution is -2.27. The molecule has 1 heterocycles. The number of ether oxygens (including phenoxy) is 1. The van der Waals surface area contributed by atoms with Gasteiger partial charge in [0.25, 0.3) is 11.8 Å². The van der Waals surface area contributed by atoms with Crippen molar-refractivity contribution in [2.24, 2.45) is 0 Å². The lowest BCUT2D eigenvalue weighted by molar-refractivity contribution is 0.0696. The zero-order valence-electron chi connectivity index (χ0n) is 21.0. The second kappa shape index (κ2) is 9.97. The van der Waals surface area contributed by atoms with Gasteiger partial charge in [0, 0.05) is 19.1 Å². The Morgan fingerprint density at radius 3 is 2.39 bits per heavy atom. The average Bonchev–Trinajstić information content (AvgIpc) is 2.81. The van der Waals surface area contributed by atoms with Gasteiger partial charge < -0.3 is 20.5 Å². The molecule has 0 fully saturated rings. The number of aromatic nitrogens is 2. The highest BCUT2D eigenvalue weighted by molar-refractivity contribution is 5.97. The molecule has 0 atom stereocenters. The molecule has 9 nitrogen and oxygen atoms in total. The first-order valence-electron chi connectivity index (χ1n) is 11.4. The minimum atomic E-state index is -2.73. The topological polar surface area (TPSA) is 131 Å². The Kier molecular flexibility index (Phi) is 5.00. The van der Waals surface area contributed by atoms with E-state index >= 15 is 0 Å². The number of carbonyl (C=O) groups is 3. The van der Waals surface area contributed by atoms with Gasteiger partial charge in [0.15, 0.2) is 0 Å². The number of nitrogens with zero attached hydrogens (tertiary/aromatic N) is 2. The Morgan fingerprint density at radius 1 is 1.00 bits per heavy atom. The summed E-state index contributed by atoms with van der Waals surface area (Å²) in [6.45, 7) is -2.36. The summed E-state index contributed by atoms with van der Waals surface area (Å²) in [6, 6.07) is 12.2. The zero-order valence-corrected chi connectivity index (χ0v) is 16.0. The molecule has 1 aromatic heterocycles. The van der Waals surface area contributed by atoms with Gasteiger partial charge in [-0.05, 0) is 35.4 Å². The fourth-order valence-electron chi connectivity index (χ4n) is 2.47. The van der Waals surface area contributed by atoms with Crippen LogP contribution in [0.25, 0.3) is 0 Å². The van der Waals surface area contributed by atoms with Crippen LogP contribution in [0.1, 0.15) is 49.3 Å². The number of amides is 2. The highest BCUT2D eigenvalue weighted by atomic mass is 16.5. The summed E-state index contributed by atoms with van der Waals surface area (Å²) >= 11 is 0. The first kappa shape index (κ1) is 15.6. The fourth-order valence-corrected chi connectivity index (χ4v) is 2.47. The second-order valence-corrected chi connectivity index (χ2v) is 6.18. The maximum absolute atomic E-state index is 12.6. The van der Waals surface area contributed by atoms with Crippen LogP contribution >= 0.6 is 0 Å². The first-order chi connectivity index (χ1) is 16.8. The van der Waals surface area contributed by atoms with E-state index in [1.165, 1.54) is 30.3 Å². The molecule has 0 saturated carbocycles. The number of methoxy groups -OCH3 is 1. The molecule has 0 radical (unpaired) electrons. The molecular weight excluding hydrogens is 400 g/mol. The number of carbonyl (C=O) groups excluding carboxylic acids is 2. The third-order valence-corrected chi connectivity index (χ3v) is 4.06. The first-order valence-corrected chi connectivity index (χ1v) is 8.89. The molecule has 0 saturated heterocycles. The minimum absolute atomic E-state index is 0.0708. The van der Waals surface area contributed by atoms with Crippen molar-refractivity contribution in [1.82, 2.24) is 20.6 Å². The van der Waals surface area contributed by atoms with Gasteiger partial charge in [0.1, 0.15) is 23.5 Å². The highest BCUT2D eigenvalue weighted by Crippen LogP contribution is 2.12. The normalized spacial score (nSPS) is 13.5. The fraction of sp³-hybridized carbons (Fsp3) is 0.136. The molecule has 0 aliphatic carbocycles. The largest absolute Gasteiger partial charge is 0.497 e. The molecule has 3 aromatic rings. The predicted molar refractivity (Wildman–Crippen MR) is 111 cm³/mol. The van der Waals surface area contributed by atoms with Gasteiger partial charge >= 0.3 is 5.97 Å². The molecule has 3 N–H and O–H groups in total. The number of nitrogens with one attached hydrogen (secondary N) is 2. The van der Waals surface area contributed by atoms with Crippen molar-refractivity contribution in [2.45, 2.75) is 13.0 Å². The van der Waals surface area contributed by atoms with Crippen LogP contribution in [0.15, 0.2) is 60.9 Å². The maximum Gasteiger partial charge on any atom is 0.335 e. The molecule has 9 heteroatoms. The number of hydrogen-bond donors (Lipinski definition) is 3. The molecule has 3 rings (SSSR count). The van der Waals surface area contributed by atoms with Crippen LogP contribution in [0.4, 0.5) is 0 Å². The SMILES string of the molecule is [2H]C([2H])([2H])Oc1cccc(C([2H])([2H])NC(=O)c2cc(C(=O)NCc3ccc(C(=O)O)cc3)ncn2)c1. The smallest absolute Gasteiger partial charge is 0.335 e. The van der Waals surface area contributed by atoms with Crippen molar-refractivity contribution >= 4 is 17.8 Å². The van der Waals surface area contributed by atoms with Crippen LogP contribution in [0.2, 0.25) is 0 Å². The monoisotopic (exact) mass is 425 g/mol.